The molecule has 308 valence electrons. The molecule has 0 aromatic heterocycles. The first-order chi connectivity index (χ1) is 29.5. The minimum Gasteiger partial charge on any atom is -0.0622 e. The van der Waals surface area contributed by atoms with Gasteiger partial charge in [0, 0.05) is 0 Å². The van der Waals surface area contributed by atoms with E-state index in [1.54, 1.807) is 0 Å². The summed E-state index contributed by atoms with van der Waals surface area (Å²) in [4.78, 5) is 0. The number of rotatable bonds is 5. The van der Waals surface area contributed by atoms with Gasteiger partial charge < -0.3 is 0 Å². The molecule has 0 saturated heterocycles. The van der Waals surface area contributed by atoms with Crippen molar-refractivity contribution in [1.82, 2.24) is 0 Å². The van der Waals surface area contributed by atoms with Gasteiger partial charge in [-0.15, -0.1) is 0 Å². The molecule has 0 amide bonds. The third-order valence-electron chi connectivity index (χ3n) is 13.1. The summed E-state index contributed by atoms with van der Waals surface area (Å²) < 4.78 is 0. The Hall–Kier alpha value is -6.24. The van der Waals surface area contributed by atoms with Crippen LogP contribution in [0.5, 0.6) is 0 Å². The fourth-order valence-corrected chi connectivity index (χ4v) is 9.46. The van der Waals surface area contributed by atoms with Crippen molar-refractivity contribution in [2.45, 2.75) is 92.4 Å². The van der Waals surface area contributed by atoms with Crippen molar-refractivity contribution in [2.75, 3.05) is 0 Å². The van der Waals surface area contributed by atoms with Crippen LogP contribution in [0, 0.1) is 13.8 Å². The Balaban J connectivity index is 1.57. The van der Waals surface area contributed by atoms with Gasteiger partial charge in [-0.1, -0.05) is 231 Å². The lowest BCUT2D eigenvalue weighted by Crippen LogP contribution is -2.11. The normalized spacial score (nSPS) is 12.4. The van der Waals surface area contributed by atoms with Gasteiger partial charge >= 0.3 is 0 Å². The van der Waals surface area contributed by atoms with Crippen molar-refractivity contribution in [3.63, 3.8) is 0 Å². The molecule has 0 unspecified atom stereocenters. The lowest BCUT2D eigenvalue weighted by Gasteiger charge is -2.27. The van der Waals surface area contributed by atoms with E-state index in [4.69, 9.17) is 0 Å². The van der Waals surface area contributed by atoms with E-state index in [2.05, 4.69) is 240 Å². The van der Waals surface area contributed by atoms with Crippen LogP contribution < -0.4 is 0 Å². The van der Waals surface area contributed by atoms with Gasteiger partial charge in [0.25, 0.3) is 0 Å². The zero-order valence-corrected chi connectivity index (χ0v) is 38.6. The molecule has 0 spiro atoms. The van der Waals surface area contributed by atoms with Gasteiger partial charge in [-0.3, -0.25) is 0 Å². The van der Waals surface area contributed by atoms with Crippen LogP contribution in [0.15, 0.2) is 164 Å². The van der Waals surface area contributed by atoms with Crippen molar-refractivity contribution in [3.8, 4) is 55.6 Å². The van der Waals surface area contributed by atoms with Crippen molar-refractivity contribution in [2.24, 2.45) is 0 Å². The molecule has 0 radical (unpaired) electrons. The fourth-order valence-electron chi connectivity index (χ4n) is 9.46. The molecule has 0 nitrogen and oxygen atoms in total. The minimum atomic E-state index is -0.0488. The van der Waals surface area contributed by atoms with Gasteiger partial charge in [-0.25, -0.2) is 0 Å². The average Bonchev–Trinajstić information content (AvgIpc) is 3.24. The minimum absolute atomic E-state index is 0.0341. The van der Waals surface area contributed by atoms with Gasteiger partial charge in [0.05, 0.1) is 0 Å². The SMILES string of the molecule is Cc1ccc(-c2c3ccc(C)cc3c(-c3ccc(C(C)(C)C)cc3)c3c(-c4ccc(C(C)(C)C)cc4)c4ccc(C(C)(C)C)cc4c(-c4ccc(-c5ccccc5)cc4)c23)cc1. The topological polar surface area (TPSA) is 0 Å². The Labute approximate surface area is 370 Å². The molecule has 0 aliphatic rings. The van der Waals surface area contributed by atoms with Crippen LogP contribution in [0.1, 0.15) is 90.1 Å². The summed E-state index contributed by atoms with van der Waals surface area (Å²) in [5, 5.41) is 7.68. The number of benzene rings is 9. The highest BCUT2D eigenvalue weighted by Gasteiger charge is 2.28. The predicted octanol–water partition coefficient (Wildman–Crippen LogP) is 18.0. The van der Waals surface area contributed by atoms with Crippen molar-refractivity contribution < 1.29 is 0 Å². The number of hydrogen-bond donors (Lipinski definition) is 0. The van der Waals surface area contributed by atoms with E-state index in [9.17, 15) is 0 Å². The van der Waals surface area contributed by atoms with Gasteiger partial charge in [0.1, 0.15) is 0 Å². The Morgan fingerprint density at radius 3 is 1.03 bits per heavy atom. The molecular weight excluding hydrogens is 745 g/mol. The van der Waals surface area contributed by atoms with E-state index in [0.29, 0.717) is 0 Å². The third kappa shape index (κ3) is 7.45. The molecule has 0 heterocycles. The first-order valence-corrected chi connectivity index (χ1v) is 22.4. The van der Waals surface area contributed by atoms with Crippen LogP contribution in [0.2, 0.25) is 0 Å². The number of hydrogen-bond acceptors (Lipinski definition) is 0. The third-order valence-corrected chi connectivity index (χ3v) is 13.1. The Bertz CT molecular complexity index is 3100. The molecule has 0 aliphatic carbocycles. The summed E-state index contributed by atoms with van der Waals surface area (Å²) in [6.07, 6.45) is 0. The van der Waals surface area contributed by atoms with Crippen molar-refractivity contribution in [3.05, 3.63) is 192 Å². The second-order valence-corrected chi connectivity index (χ2v) is 20.8. The molecule has 9 aromatic rings. The second-order valence-electron chi connectivity index (χ2n) is 20.8. The zero-order chi connectivity index (χ0) is 43.7. The molecule has 62 heavy (non-hydrogen) atoms. The molecule has 9 rings (SSSR count). The molecular formula is C62H60. The highest BCUT2D eigenvalue weighted by Crippen LogP contribution is 2.54. The molecule has 0 aliphatic heterocycles. The Kier molecular flexibility index (Phi) is 10.1. The van der Waals surface area contributed by atoms with E-state index in [1.165, 1.54) is 116 Å². The maximum absolute atomic E-state index is 2.51. The van der Waals surface area contributed by atoms with E-state index in [0.717, 1.165) is 0 Å². The molecule has 0 N–H and O–H groups in total. The van der Waals surface area contributed by atoms with Gasteiger partial charge in [-0.2, -0.15) is 0 Å². The van der Waals surface area contributed by atoms with E-state index < -0.39 is 0 Å². The highest BCUT2D eigenvalue weighted by molar-refractivity contribution is 6.34. The van der Waals surface area contributed by atoms with Crippen LogP contribution in [-0.2, 0) is 16.2 Å². The molecule has 0 atom stereocenters. The average molecular weight is 805 g/mol. The van der Waals surface area contributed by atoms with Crippen LogP contribution in [0.25, 0.3) is 88.0 Å². The fraction of sp³-hybridized carbons (Fsp3) is 0.226. The first kappa shape index (κ1) is 41.1. The summed E-state index contributed by atoms with van der Waals surface area (Å²) >= 11 is 0. The first-order valence-electron chi connectivity index (χ1n) is 22.4. The predicted molar refractivity (Wildman–Crippen MR) is 272 cm³/mol. The lowest BCUT2D eigenvalue weighted by atomic mass is 9.75. The van der Waals surface area contributed by atoms with Crippen molar-refractivity contribution >= 4 is 32.3 Å². The van der Waals surface area contributed by atoms with Gasteiger partial charge in [0.15, 0.2) is 0 Å². The van der Waals surface area contributed by atoms with Crippen molar-refractivity contribution in [1.29, 1.82) is 0 Å². The van der Waals surface area contributed by atoms with E-state index >= 15 is 0 Å². The summed E-state index contributed by atoms with van der Waals surface area (Å²) in [6, 6.07) is 62.8. The number of fused-ring (bicyclic) bond motifs is 3. The lowest BCUT2D eigenvalue weighted by molar-refractivity contribution is 0.590. The standard InChI is InChI=1S/C62H60/c1-39-17-20-43(21-18-39)54-50-35-19-40(2)37-52(50)56(46-28-32-48(33-29-46)61(6,7)8)58-55(45-26-30-47(31-27-45)60(3,4)5)51-36-34-49(62(9,10)11)38-53(51)57(59(54)58)44-24-22-42(23-25-44)41-15-13-12-14-16-41/h12-38H,1-11H3. The quantitative estimate of drug-likeness (QED) is 0.152. The Morgan fingerprint density at radius 2 is 0.581 bits per heavy atom. The van der Waals surface area contributed by atoms with Crippen LogP contribution in [0.4, 0.5) is 0 Å². The zero-order valence-electron chi connectivity index (χ0n) is 38.6. The molecule has 9 aromatic carbocycles. The van der Waals surface area contributed by atoms with Gasteiger partial charge in [0.2, 0.25) is 0 Å². The maximum Gasteiger partial charge on any atom is -0.000139 e. The monoisotopic (exact) mass is 804 g/mol. The maximum atomic E-state index is 2.51. The van der Waals surface area contributed by atoms with Crippen LogP contribution in [0.3, 0.4) is 0 Å². The smallest absolute Gasteiger partial charge is 0.000139 e. The summed E-state index contributed by atoms with van der Waals surface area (Å²) in [5.41, 5.74) is 19.0. The number of aryl methyl sites for hydroxylation is 2. The van der Waals surface area contributed by atoms with Crippen LogP contribution >= 0.6 is 0 Å². The molecule has 0 saturated carbocycles. The highest BCUT2D eigenvalue weighted by atomic mass is 14.3. The van der Waals surface area contributed by atoms with Crippen LogP contribution in [-0.4, -0.2) is 0 Å². The van der Waals surface area contributed by atoms with E-state index in [1.807, 2.05) is 0 Å². The second kappa shape index (κ2) is 15.3. The summed E-state index contributed by atoms with van der Waals surface area (Å²) in [6.45, 7) is 25.3. The van der Waals surface area contributed by atoms with Gasteiger partial charge in [-0.05, 0) is 141 Å². The molecule has 0 bridgehead atoms. The summed E-state index contributed by atoms with van der Waals surface area (Å²) in [7, 11) is 0. The summed E-state index contributed by atoms with van der Waals surface area (Å²) in [5.74, 6) is 0. The van der Waals surface area contributed by atoms with E-state index in [-0.39, 0.29) is 16.2 Å². The largest absolute Gasteiger partial charge is 0.0622 e. The molecule has 0 heteroatoms. The molecule has 0 fully saturated rings. The Morgan fingerprint density at radius 1 is 0.258 bits per heavy atom.